The van der Waals surface area contributed by atoms with E-state index in [1.165, 1.54) is 6.20 Å². The summed E-state index contributed by atoms with van der Waals surface area (Å²) in [7, 11) is 0. The van der Waals surface area contributed by atoms with Crippen molar-refractivity contribution in [1.82, 2.24) is 14.5 Å². The molecule has 0 bridgehead atoms. The zero-order chi connectivity index (χ0) is 18.1. The average molecular weight is 350 g/mol. The first-order chi connectivity index (χ1) is 12.6. The Kier molecular flexibility index (Phi) is 4.04. The number of anilines is 1. The van der Waals surface area contributed by atoms with E-state index in [0.717, 1.165) is 17.1 Å². The fraction of sp³-hybridized carbons (Fsp3) is 0.211. The minimum atomic E-state index is -0.302. The third-order valence-electron chi connectivity index (χ3n) is 4.32. The molecule has 0 saturated carbocycles. The molecule has 3 aromatic rings. The van der Waals surface area contributed by atoms with Crippen molar-refractivity contribution in [3.8, 4) is 17.2 Å². The van der Waals surface area contributed by atoms with E-state index in [0.29, 0.717) is 30.4 Å². The van der Waals surface area contributed by atoms with E-state index in [2.05, 4.69) is 15.3 Å². The fourth-order valence-electron chi connectivity index (χ4n) is 2.73. The summed E-state index contributed by atoms with van der Waals surface area (Å²) in [5, 5.41) is 2.84. The van der Waals surface area contributed by atoms with Gasteiger partial charge in [-0.1, -0.05) is 0 Å². The summed E-state index contributed by atoms with van der Waals surface area (Å²) in [6.07, 6.45) is 3.30. The zero-order valence-electron chi connectivity index (χ0n) is 14.5. The number of pyridine rings is 1. The molecule has 1 N–H and O–H groups in total. The number of hydrogen-bond donors (Lipinski definition) is 1. The lowest BCUT2D eigenvalue weighted by atomic mass is 10.2. The van der Waals surface area contributed by atoms with Crippen LogP contribution in [-0.2, 0) is 0 Å². The molecule has 26 heavy (non-hydrogen) atoms. The van der Waals surface area contributed by atoms with Gasteiger partial charge in [0.05, 0.1) is 18.2 Å². The van der Waals surface area contributed by atoms with Gasteiger partial charge in [0.1, 0.15) is 18.9 Å². The molecule has 1 aliphatic rings. The second-order valence-corrected chi connectivity index (χ2v) is 6.00. The first-order valence-electron chi connectivity index (χ1n) is 8.30. The Morgan fingerprint density at radius 3 is 2.50 bits per heavy atom. The number of nitrogens with zero attached hydrogens (tertiary/aromatic N) is 3. The lowest BCUT2D eigenvalue weighted by molar-refractivity contribution is 0.102. The number of hydrogen-bond acceptors (Lipinski definition) is 5. The van der Waals surface area contributed by atoms with Crippen LogP contribution in [0.1, 0.15) is 21.9 Å². The minimum absolute atomic E-state index is 0.277. The van der Waals surface area contributed by atoms with E-state index in [4.69, 9.17) is 9.47 Å². The van der Waals surface area contributed by atoms with Crippen molar-refractivity contribution in [2.45, 2.75) is 13.8 Å². The molecular weight excluding hydrogens is 332 g/mol. The number of imidazole rings is 1. The highest BCUT2D eigenvalue weighted by Gasteiger charge is 2.16. The van der Waals surface area contributed by atoms with Crippen molar-refractivity contribution < 1.29 is 14.3 Å². The quantitative estimate of drug-likeness (QED) is 0.786. The van der Waals surface area contributed by atoms with Gasteiger partial charge in [-0.2, -0.15) is 0 Å². The molecular formula is C19H18N4O3. The predicted octanol–water partition coefficient (Wildman–Crippen LogP) is 2.91. The molecule has 0 fully saturated rings. The van der Waals surface area contributed by atoms with Gasteiger partial charge in [-0.25, -0.2) is 9.97 Å². The summed E-state index contributed by atoms with van der Waals surface area (Å²) in [6.45, 7) is 4.95. The lowest BCUT2D eigenvalue weighted by Gasteiger charge is -2.18. The maximum atomic E-state index is 12.4. The molecule has 0 spiro atoms. The van der Waals surface area contributed by atoms with Crippen LogP contribution in [0.3, 0.4) is 0 Å². The maximum Gasteiger partial charge on any atom is 0.274 e. The molecule has 132 valence electrons. The van der Waals surface area contributed by atoms with Gasteiger partial charge in [0.25, 0.3) is 5.91 Å². The summed E-state index contributed by atoms with van der Waals surface area (Å²) in [5.41, 5.74) is 4.03. The molecule has 1 aliphatic heterocycles. The Balaban J connectivity index is 1.50. The molecule has 7 heteroatoms. The van der Waals surface area contributed by atoms with Crippen LogP contribution in [0.5, 0.6) is 11.5 Å². The van der Waals surface area contributed by atoms with Gasteiger partial charge in [-0.15, -0.1) is 0 Å². The van der Waals surface area contributed by atoms with Gasteiger partial charge < -0.3 is 19.4 Å². The maximum absolute atomic E-state index is 12.4. The van der Waals surface area contributed by atoms with Gasteiger partial charge >= 0.3 is 0 Å². The van der Waals surface area contributed by atoms with Crippen molar-refractivity contribution in [2.24, 2.45) is 0 Å². The van der Waals surface area contributed by atoms with Crippen LogP contribution in [0, 0.1) is 13.8 Å². The number of benzene rings is 1. The van der Waals surface area contributed by atoms with Crippen molar-refractivity contribution in [3.05, 3.63) is 59.9 Å². The molecule has 0 unspecified atom stereocenters. The third-order valence-corrected chi connectivity index (χ3v) is 4.32. The highest BCUT2D eigenvalue weighted by Crippen LogP contribution is 2.29. The first-order valence-corrected chi connectivity index (χ1v) is 8.30. The third kappa shape index (κ3) is 2.99. The number of ether oxygens (including phenoxy) is 2. The second kappa shape index (κ2) is 6.51. The Morgan fingerprint density at radius 2 is 1.81 bits per heavy atom. The molecule has 2 aromatic heterocycles. The normalized spacial score (nSPS) is 12.7. The number of aryl methyl sites for hydroxylation is 1. The van der Waals surface area contributed by atoms with E-state index in [1.807, 2.05) is 42.7 Å². The largest absolute Gasteiger partial charge is 0.486 e. The number of nitrogens with one attached hydrogen (secondary N) is 1. The number of amides is 1. The molecule has 1 aromatic carbocycles. The molecule has 7 nitrogen and oxygen atoms in total. The summed E-state index contributed by atoms with van der Waals surface area (Å²) in [6, 6.07) is 9.15. The number of fused-ring (bicyclic) bond motifs is 1. The highest BCUT2D eigenvalue weighted by molar-refractivity contribution is 6.03. The molecule has 0 atom stereocenters. The molecule has 0 radical (unpaired) electrons. The van der Waals surface area contributed by atoms with Gasteiger partial charge in [-0.3, -0.25) is 4.79 Å². The van der Waals surface area contributed by atoms with Crippen molar-refractivity contribution in [3.63, 3.8) is 0 Å². The predicted molar refractivity (Wildman–Crippen MR) is 96.2 cm³/mol. The van der Waals surface area contributed by atoms with Crippen molar-refractivity contribution in [1.29, 1.82) is 0 Å². The molecule has 0 aliphatic carbocycles. The number of carbonyl (C=O) groups excluding carboxylic acids is 1. The van der Waals surface area contributed by atoms with E-state index in [1.54, 1.807) is 12.4 Å². The molecule has 1 amide bonds. The highest BCUT2D eigenvalue weighted by atomic mass is 16.6. The van der Waals surface area contributed by atoms with E-state index in [9.17, 15) is 4.79 Å². The second-order valence-electron chi connectivity index (χ2n) is 6.00. The molecule has 0 saturated heterocycles. The standard InChI is InChI=1S/C19H18N4O3/c1-12-13(2)23(11-21-12)15-5-3-14(4-6-15)22-19(24)16-9-17-18(10-20-16)26-8-7-25-17/h3-6,9-11H,7-8H2,1-2H3,(H,22,24). The van der Waals surface area contributed by atoms with Crippen LogP contribution in [0.2, 0.25) is 0 Å². The average Bonchev–Trinajstić information content (AvgIpc) is 3.01. The molecule has 3 heterocycles. The molecule has 4 rings (SSSR count). The Hall–Kier alpha value is -3.35. The van der Waals surface area contributed by atoms with Gasteiger partial charge in [0, 0.05) is 23.1 Å². The first kappa shape index (κ1) is 16.1. The van der Waals surface area contributed by atoms with Crippen LogP contribution < -0.4 is 14.8 Å². The van der Waals surface area contributed by atoms with Crippen LogP contribution in [0.15, 0.2) is 42.9 Å². The van der Waals surface area contributed by atoms with Gasteiger partial charge in [-0.05, 0) is 38.1 Å². The van der Waals surface area contributed by atoms with E-state index in [-0.39, 0.29) is 11.6 Å². The lowest BCUT2D eigenvalue weighted by Crippen LogP contribution is -2.18. The Morgan fingerprint density at radius 1 is 1.08 bits per heavy atom. The van der Waals surface area contributed by atoms with Gasteiger partial charge in [0.15, 0.2) is 11.5 Å². The smallest absolute Gasteiger partial charge is 0.274 e. The topological polar surface area (TPSA) is 78.3 Å². The van der Waals surface area contributed by atoms with E-state index < -0.39 is 0 Å². The Labute approximate surface area is 150 Å². The van der Waals surface area contributed by atoms with Crippen LogP contribution >= 0.6 is 0 Å². The summed E-state index contributed by atoms with van der Waals surface area (Å²) < 4.78 is 12.9. The zero-order valence-corrected chi connectivity index (χ0v) is 14.5. The monoisotopic (exact) mass is 350 g/mol. The van der Waals surface area contributed by atoms with Crippen LogP contribution in [0.4, 0.5) is 5.69 Å². The number of rotatable bonds is 3. The number of carbonyl (C=O) groups is 1. The SMILES string of the molecule is Cc1ncn(-c2ccc(NC(=O)c3cc4c(cn3)OCCO4)cc2)c1C. The fourth-order valence-corrected chi connectivity index (χ4v) is 2.73. The summed E-state index contributed by atoms with van der Waals surface area (Å²) in [4.78, 5) is 20.9. The van der Waals surface area contributed by atoms with Crippen molar-refractivity contribution >= 4 is 11.6 Å². The summed E-state index contributed by atoms with van der Waals surface area (Å²) in [5.74, 6) is 0.797. The summed E-state index contributed by atoms with van der Waals surface area (Å²) >= 11 is 0. The van der Waals surface area contributed by atoms with Crippen LogP contribution in [0.25, 0.3) is 5.69 Å². The number of aromatic nitrogens is 3. The van der Waals surface area contributed by atoms with Crippen LogP contribution in [-0.4, -0.2) is 33.7 Å². The minimum Gasteiger partial charge on any atom is -0.486 e. The van der Waals surface area contributed by atoms with Crippen molar-refractivity contribution in [2.75, 3.05) is 18.5 Å². The Bertz CT molecular complexity index is 963. The van der Waals surface area contributed by atoms with E-state index >= 15 is 0 Å². The van der Waals surface area contributed by atoms with Gasteiger partial charge in [0.2, 0.25) is 0 Å².